The number of allylic oxidation sites excluding steroid dienone is 9. The summed E-state index contributed by atoms with van der Waals surface area (Å²) in [6, 6.07) is 0. The largest absolute Gasteiger partial charge is 0.496 e. The van der Waals surface area contributed by atoms with Crippen LogP contribution >= 0.6 is 0 Å². The number of hydrogen-bond acceptors (Lipinski definition) is 5. The Morgan fingerprint density at radius 3 is 2.65 bits per heavy atom. The molecule has 2 fully saturated rings. The zero-order valence-corrected chi connectivity index (χ0v) is 13.7. The highest BCUT2D eigenvalue weighted by molar-refractivity contribution is 6.13. The number of fused-ring (bicyclic) bond motifs is 1. The summed E-state index contributed by atoms with van der Waals surface area (Å²) in [4.78, 5) is 25.0. The fourth-order valence-corrected chi connectivity index (χ4v) is 4.28. The maximum absolute atomic E-state index is 12.6. The van der Waals surface area contributed by atoms with Crippen LogP contribution in [0.25, 0.3) is 0 Å². The smallest absolute Gasteiger partial charge is 0.263 e. The summed E-state index contributed by atoms with van der Waals surface area (Å²) in [6.07, 6.45) is 15.3. The summed E-state index contributed by atoms with van der Waals surface area (Å²) in [6.45, 7) is 0. The highest BCUT2D eigenvalue weighted by atomic mass is 16.7. The van der Waals surface area contributed by atoms with E-state index in [1.165, 1.54) is 19.3 Å². The summed E-state index contributed by atoms with van der Waals surface area (Å²) in [7, 11) is 1.53. The number of rotatable bonds is 1. The quantitative estimate of drug-likeness (QED) is 0.730. The average molecular weight is 344 g/mol. The molecule has 6 bridgehead atoms. The molecule has 5 heteroatoms. The maximum Gasteiger partial charge on any atom is 0.263 e. The Kier molecular flexibility index (Phi) is 2.23. The number of carbonyl (C=O) groups is 2. The molecule has 4 heterocycles. The standard InChI is InChI=1S/C21H12O5/c1-24-15-6-5-12-18-11-3-2-4-16-19-17(15)14(23)8-10-21(19,25-16)26-20(12,18)9-7-13(11)22/h2-10H,1H3/b3-2?,4-2?,6-5?,11-3?,12-5-,15-6+,16-4-,17-15?/t20-,21+/m0/s1. The molecule has 3 aliphatic carbocycles. The molecule has 7 rings (SSSR count). The van der Waals surface area contributed by atoms with Crippen molar-refractivity contribution in [2.24, 2.45) is 0 Å². The van der Waals surface area contributed by atoms with Gasteiger partial charge in [0.25, 0.3) is 5.79 Å². The first kappa shape index (κ1) is 14.0. The van der Waals surface area contributed by atoms with Gasteiger partial charge in [-0.25, -0.2) is 0 Å². The predicted molar refractivity (Wildman–Crippen MR) is 90.4 cm³/mol. The van der Waals surface area contributed by atoms with Gasteiger partial charge in [-0.05, 0) is 36.5 Å². The predicted octanol–water partition coefficient (Wildman–Crippen LogP) is 2.28. The Labute approximate surface area is 148 Å². The summed E-state index contributed by atoms with van der Waals surface area (Å²) < 4.78 is 18.0. The SMILES string of the molecule is CO/C1=C/C=C2/C3=C4C=C/C=C5\O[C@]6(C=CC(=O)C1=C56)O[C@]32C=CC4=O. The van der Waals surface area contributed by atoms with Crippen LogP contribution in [0.2, 0.25) is 0 Å². The van der Waals surface area contributed by atoms with Crippen LogP contribution < -0.4 is 0 Å². The third-order valence-electron chi connectivity index (χ3n) is 5.48. The van der Waals surface area contributed by atoms with Gasteiger partial charge in [0.1, 0.15) is 17.1 Å². The number of carbonyl (C=O) groups excluding carboxylic acids is 2. The molecule has 126 valence electrons. The first-order chi connectivity index (χ1) is 12.6. The Hall–Kier alpha value is -3.18. The number of methoxy groups -OCH3 is 1. The molecule has 0 N–H and O–H groups in total. The third-order valence-corrected chi connectivity index (χ3v) is 5.48. The van der Waals surface area contributed by atoms with Crippen LogP contribution in [0.1, 0.15) is 0 Å². The summed E-state index contributed by atoms with van der Waals surface area (Å²) in [5.74, 6) is -0.384. The van der Waals surface area contributed by atoms with Gasteiger partial charge in [-0.15, -0.1) is 0 Å². The van der Waals surface area contributed by atoms with Gasteiger partial charge in [0.15, 0.2) is 11.6 Å². The first-order valence-corrected chi connectivity index (χ1v) is 8.31. The molecule has 1 saturated carbocycles. The lowest BCUT2D eigenvalue weighted by Crippen LogP contribution is -2.52. The fraction of sp³-hybridized carbons (Fsp3) is 0.143. The zero-order valence-electron chi connectivity index (χ0n) is 13.7. The van der Waals surface area contributed by atoms with Crippen molar-refractivity contribution in [2.75, 3.05) is 7.11 Å². The molecule has 2 spiro atoms. The van der Waals surface area contributed by atoms with Crippen molar-refractivity contribution >= 4 is 11.6 Å². The van der Waals surface area contributed by atoms with E-state index in [9.17, 15) is 9.59 Å². The minimum atomic E-state index is -1.17. The van der Waals surface area contributed by atoms with Gasteiger partial charge in [0.2, 0.25) is 0 Å². The molecule has 0 radical (unpaired) electrons. The average Bonchev–Trinajstić information content (AvgIpc) is 3.24. The molecular weight excluding hydrogens is 332 g/mol. The van der Waals surface area contributed by atoms with Gasteiger partial charge in [-0.2, -0.15) is 0 Å². The van der Waals surface area contributed by atoms with E-state index in [-0.39, 0.29) is 11.6 Å². The fourth-order valence-electron chi connectivity index (χ4n) is 4.28. The van der Waals surface area contributed by atoms with E-state index < -0.39 is 11.4 Å². The molecule has 0 aromatic carbocycles. The Balaban J connectivity index is 1.75. The lowest BCUT2D eigenvalue weighted by atomic mass is 9.83. The second-order valence-electron chi connectivity index (χ2n) is 6.75. The van der Waals surface area contributed by atoms with Crippen LogP contribution in [-0.4, -0.2) is 30.1 Å². The van der Waals surface area contributed by atoms with Crippen molar-refractivity contribution in [3.8, 4) is 0 Å². The minimum Gasteiger partial charge on any atom is -0.496 e. The second-order valence-corrected chi connectivity index (χ2v) is 6.75. The van der Waals surface area contributed by atoms with Crippen LogP contribution in [0.3, 0.4) is 0 Å². The van der Waals surface area contributed by atoms with Gasteiger partial charge in [0.05, 0.1) is 18.3 Å². The summed E-state index contributed by atoms with van der Waals surface area (Å²) in [5.41, 5.74) is 2.60. The molecule has 0 aromatic heterocycles. The molecule has 7 aliphatic rings. The third kappa shape index (κ3) is 1.39. The maximum atomic E-state index is 12.6. The lowest BCUT2D eigenvalue weighted by molar-refractivity contribution is -0.213. The molecule has 0 amide bonds. The Morgan fingerprint density at radius 1 is 0.962 bits per heavy atom. The Morgan fingerprint density at radius 2 is 1.81 bits per heavy atom. The van der Waals surface area contributed by atoms with Crippen LogP contribution in [0.5, 0.6) is 0 Å². The molecular formula is C21H12O5. The van der Waals surface area contributed by atoms with Gasteiger partial charge in [0, 0.05) is 16.7 Å². The lowest BCUT2D eigenvalue weighted by Gasteiger charge is -2.47. The van der Waals surface area contributed by atoms with Crippen molar-refractivity contribution in [3.05, 3.63) is 94.1 Å². The number of hydrogen-bond donors (Lipinski definition) is 0. The van der Waals surface area contributed by atoms with Crippen molar-refractivity contribution in [1.29, 1.82) is 0 Å². The van der Waals surface area contributed by atoms with Crippen LogP contribution in [0, 0.1) is 0 Å². The normalized spacial score (nSPS) is 40.9. The topological polar surface area (TPSA) is 61.8 Å². The summed E-state index contributed by atoms with van der Waals surface area (Å²) >= 11 is 0. The van der Waals surface area contributed by atoms with Crippen molar-refractivity contribution in [1.82, 2.24) is 0 Å². The zero-order chi connectivity index (χ0) is 17.7. The molecule has 5 nitrogen and oxygen atoms in total. The van der Waals surface area contributed by atoms with E-state index in [4.69, 9.17) is 14.2 Å². The van der Waals surface area contributed by atoms with Crippen LogP contribution in [0.15, 0.2) is 94.1 Å². The van der Waals surface area contributed by atoms with E-state index >= 15 is 0 Å². The molecule has 26 heavy (non-hydrogen) atoms. The molecule has 2 atom stereocenters. The van der Waals surface area contributed by atoms with Gasteiger partial charge >= 0.3 is 0 Å². The van der Waals surface area contributed by atoms with Crippen molar-refractivity contribution in [3.63, 3.8) is 0 Å². The van der Waals surface area contributed by atoms with E-state index in [2.05, 4.69) is 0 Å². The van der Waals surface area contributed by atoms with E-state index in [0.717, 1.165) is 11.1 Å². The summed E-state index contributed by atoms with van der Waals surface area (Å²) in [5, 5.41) is 0. The highest BCUT2D eigenvalue weighted by Gasteiger charge is 2.66. The van der Waals surface area contributed by atoms with E-state index in [0.29, 0.717) is 28.2 Å². The molecule has 1 saturated heterocycles. The van der Waals surface area contributed by atoms with Crippen LogP contribution in [-0.2, 0) is 23.8 Å². The molecule has 0 unspecified atom stereocenters. The highest BCUT2D eigenvalue weighted by Crippen LogP contribution is 2.63. The van der Waals surface area contributed by atoms with Crippen molar-refractivity contribution in [2.45, 2.75) is 11.4 Å². The molecule has 0 aromatic rings. The van der Waals surface area contributed by atoms with Gasteiger partial charge < -0.3 is 14.2 Å². The second kappa shape index (κ2) is 4.14. The Bertz CT molecular complexity index is 1100. The number of ketones is 2. The van der Waals surface area contributed by atoms with E-state index in [1.807, 2.05) is 6.08 Å². The van der Waals surface area contributed by atoms with Crippen LogP contribution in [0.4, 0.5) is 0 Å². The van der Waals surface area contributed by atoms with Gasteiger partial charge in [-0.1, -0.05) is 18.2 Å². The van der Waals surface area contributed by atoms with Gasteiger partial charge in [-0.3, -0.25) is 9.59 Å². The van der Waals surface area contributed by atoms with Crippen molar-refractivity contribution < 1.29 is 23.8 Å². The molecule has 4 aliphatic heterocycles. The first-order valence-electron chi connectivity index (χ1n) is 8.31. The van der Waals surface area contributed by atoms with E-state index in [1.54, 1.807) is 36.5 Å². The minimum absolute atomic E-state index is 0.0521. The monoisotopic (exact) mass is 344 g/mol. The number of ether oxygens (including phenoxy) is 3.